The molecule has 17 heavy (non-hydrogen) atoms. The molecule has 0 amide bonds. The zero-order chi connectivity index (χ0) is 11.6. The lowest BCUT2D eigenvalue weighted by atomic mass is 9.88. The summed E-state index contributed by atoms with van der Waals surface area (Å²) in [5.41, 5.74) is 0.147. The molecule has 1 N–H and O–H groups in total. The van der Waals surface area contributed by atoms with Crippen molar-refractivity contribution in [1.82, 2.24) is 10.2 Å². The van der Waals surface area contributed by atoms with Gasteiger partial charge in [0.25, 0.3) is 0 Å². The van der Waals surface area contributed by atoms with E-state index in [-0.39, 0.29) is 5.60 Å². The molecule has 1 aliphatic carbocycles. The van der Waals surface area contributed by atoms with Gasteiger partial charge in [0.05, 0.1) is 12.2 Å². The van der Waals surface area contributed by atoms with E-state index in [1.807, 2.05) is 0 Å². The summed E-state index contributed by atoms with van der Waals surface area (Å²) in [7, 11) is 0. The van der Waals surface area contributed by atoms with Gasteiger partial charge in [0.15, 0.2) is 0 Å². The Morgan fingerprint density at radius 1 is 1.12 bits per heavy atom. The van der Waals surface area contributed by atoms with E-state index in [2.05, 4.69) is 10.2 Å². The van der Waals surface area contributed by atoms with Gasteiger partial charge in [0.1, 0.15) is 0 Å². The molecule has 1 spiro atoms. The first-order chi connectivity index (χ1) is 8.38. The van der Waals surface area contributed by atoms with Crippen molar-refractivity contribution in [3.05, 3.63) is 0 Å². The van der Waals surface area contributed by atoms with E-state index in [4.69, 9.17) is 4.74 Å². The second kappa shape index (κ2) is 5.25. The van der Waals surface area contributed by atoms with Crippen LogP contribution >= 0.6 is 0 Å². The fourth-order valence-electron chi connectivity index (χ4n) is 3.83. The molecule has 3 heteroatoms. The van der Waals surface area contributed by atoms with Crippen LogP contribution in [0.2, 0.25) is 0 Å². The zero-order valence-electron chi connectivity index (χ0n) is 10.9. The molecule has 0 radical (unpaired) electrons. The van der Waals surface area contributed by atoms with Gasteiger partial charge in [0, 0.05) is 25.7 Å². The second-order valence-corrected chi connectivity index (χ2v) is 6.07. The van der Waals surface area contributed by atoms with Crippen molar-refractivity contribution in [3.8, 4) is 0 Å². The maximum Gasteiger partial charge on any atom is 0.0933 e. The molecule has 0 aromatic heterocycles. The lowest BCUT2D eigenvalue weighted by molar-refractivity contribution is -0.130. The van der Waals surface area contributed by atoms with Gasteiger partial charge in [-0.2, -0.15) is 0 Å². The van der Waals surface area contributed by atoms with Crippen LogP contribution in [0, 0.1) is 0 Å². The first-order valence-corrected chi connectivity index (χ1v) is 7.47. The third-order valence-corrected chi connectivity index (χ3v) is 4.80. The Morgan fingerprint density at radius 3 is 2.76 bits per heavy atom. The number of morpholine rings is 1. The highest BCUT2D eigenvalue weighted by molar-refractivity contribution is 4.94. The van der Waals surface area contributed by atoms with E-state index in [1.54, 1.807) is 0 Å². The highest BCUT2D eigenvalue weighted by atomic mass is 16.5. The maximum atomic E-state index is 6.12. The topological polar surface area (TPSA) is 24.5 Å². The third-order valence-electron chi connectivity index (χ3n) is 4.80. The molecule has 1 unspecified atom stereocenters. The Balaban J connectivity index is 1.61. The highest BCUT2D eigenvalue weighted by Gasteiger charge is 2.39. The largest absolute Gasteiger partial charge is 0.371 e. The molecule has 3 fully saturated rings. The van der Waals surface area contributed by atoms with Crippen molar-refractivity contribution in [2.75, 3.05) is 32.8 Å². The van der Waals surface area contributed by atoms with Gasteiger partial charge in [-0.05, 0) is 32.2 Å². The molecule has 1 atom stereocenters. The normalized spacial score (nSPS) is 37.4. The minimum atomic E-state index is 0.147. The first kappa shape index (κ1) is 11.9. The zero-order valence-corrected chi connectivity index (χ0v) is 10.9. The second-order valence-electron chi connectivity index (χ2n) is 6.07. The molecule has 2 saturated heterocycles. The van der Waals surface area contributed by atoms with Crippen molar-refractivity contribution in [1.29, 1.82) is 0 Å². The van der Waals surface area contributed by atoms with Crippen LogP contribution in [0.5, 0.6) is 0 Å². The van der Waals surface area contributed by atoms with Gasteiger partial charge < -0.3 is 10.1 Å². The third kappa shape index (κ3) is 2.67. The monoisotopic (exact) mass is 238 g/mol. The Labute approximate surface area is 105 Å². The maximum absolute atomic E-state index is 6.12. The molecule has 98 valence electrons. The predicted octanol–water partition coefficient (Wildman–Crippen LogP) is 1.77. The summed E-state index contributed by atoms with van der Waals surface area (Å²) in [6.07, 6.45) is 9.70. The van der Waals surface area contributed by atoms with Crippen LogP contribution in [0.4, 0.5) is 0 Å². The molecule has 3 nitrogen and oxygen atoms in total. The summed E-state index contributed by atoms with van der Waals surface area (Å²) in [6.45, 7) is 5.51. The van der Waals surface area contributed by atoms with Gasteiger partial charge in [-0.1, -0.05) is 19.3 Å². The lowest BCUT2D eigenvalue weighted by Gasteiger charge is -2.48. The van der Waals surface area contributed by atoms with Crippen molar-refractivity contribution < 1.29 is 4.74 Å². The van der Waals surface area contributed by atoms with Crippen LogP contribution < -0.4 is 5.32 Å². The summed E-state index contributed by atoms with van der Waals surface area (Å²) in [4.78, 5) is 2.73. The van der Waals surface area contributed by atoms with E-state index in [1.165, 1.54) is 58.0 Å². The highest BCUT2D eigenvalue weighted by Crippen LogP contribution is 2.30. The van der Waals surface area contributed by atoms with Gasteiger partial charge in [0.2, 0.25) is 0 Å². The lowest BCUT2D eigenvalue weighted by Crippen LogP contribution is -2.60. The van der Waals surface area contributed by atoms with Crippen LogP contribution in [-0.2, 0) is 4.74 Å². The van der Waals surface area contributed by atoms with Gasteiger partial charge in [-0.25, -0.2) is 0 Å². The number of nitrogens with one attached hydrogen (secondary N) is 1. The summed E-state index contributed by atoms with van der Waals surface area (Å²) >= 11 is 0. The van der Waals surface area contributed by atoms with Crippen molar-refractivity contribution in [3.63, 3.8) is 0 Å². The van der Waals surface area contributed by atoms with Gasteiger partial charge in [-0.15, -0.1) is 0 Å². The Hall–Kier alpha value is -0.120. The van der Waals surface area contributed by atoms with Crippen LogP contribution in [0.25, 0.3) is 0 Å². The molecule has 0 aromatic carbocycles. The Bertz CT molecular complexity index is 239. The molecule has 0 aromatic rings. The predicted molar refractivity (Wildman–Crippen MR) is 69.2 cm³/mol. The van der Waals surface area contributed by atoms with E-state index >= 15 is 0 Å². The molecular weight excluding hydrogens is 212 g/mol. The van der Waals surface area contributed by atoms with E-state index in [0.29, 0.717) is 0 Å². The standard InChI is InChI=1S/C14H26N2O/c1-2-5-13(6-3-1)16-9-10-17-14(12-16)7-4-8-15-11-14/h13,15H,1-12H2. The number of nitrogens with zero attached hydrogens (tertiary/aromatic N) is 1. The number of piperidine rings is 1. The van der Waals surface area contributed by atoms with Crippen LogP contribution in [0.15, 0.2) is 0 Å². The summed E-state index contributed by atoms with van der Waals surface area (Å²) in [5, 5.41) is 3.52. The summed E-state index contributed by atoms with van der Waals surface area (Å²) in [6, 6.07) is 0.853. The smallest absolute Gasteiger partial charge is 0.0933 e. The number of ether oxygens (including phenoxy) is 1. The molecule has 0 bridgehead atoms. The van der Waals surface area contributed by atoms with E-state index in [0.717, 1.165) is 25.7 Å². The van der Waals surface area contributed by atoms with Crippen molar-refractivity contribution in [2.24, 2.45) is 0 Å². The number of rotatable bonds is 1. The van der Waals surface area contributed by atoms with Crippen molar-refractivity contribution >= 4 is 0 Å². The number of hydrogen-bond donors (Lipinski definition) is 1. The van der Waals surface area contributed by atoms with E-state index in [9.17, 15) is 0 Å². The average Bonchev–Trinajstić information content (AvgIpc) is 2.41. The molecule has 1 saturated carbocycles. The minimum Gasteiger partial charge on any atom is -0.371 e. The Kier molecular flexibility index (Phi) is 3.69. The molecule has 2 heterocycles. The van der Waals surface area contributed by atoms with E-state index < -0.39 is 0 Å². The molecule has 3 aliphatic rings. The molecule has 3 rings (SSSR count). The van der Waals surface area contributed by atoms with Crippen LogP contribution in [-0.4, -0.2) is 49.3 Å². The van der Waals surface area contributed by atoms with Crippen molar-refractivity contribution in [2.45, 2.75) is 56.6 Å². The average molecular weight is 238 g/mol. The Morgan fingerprint density at radius 2 is 2.00 bits per heavy atom. The fraction of sp³-hybridized carbons (Fsp3) is 1.00. The fourth-order valence-corrected chi connectivity index (χ4v) is 3.83. The molecular formula is C14H26N2O. The van der Waals surface area contributed by atoms with Crippen LogP contribution in [0.3, 0.4) is 0 Å². The SMILES string of the molecule is C1CCC(N2CCOC3(CCCNC3)C2)CC1. The van der Waals surface area contributed by atoms with Gasteiger partial charge >= 0.3 is 0 Å². The summed E-state index contributed by atoms with van der Waals surface area (Å²) in [5.74, 6) is 0. The molecule has 2 aliphatic heterocycles. The first-order valence-electron chi connectivity index (χ1n) is 7.47. The van der Waals surface area contributed by atoms with Gasteiger partial charge in [-0.3, -0.25) is 4.90 Å². The quantitative estimate of drug-likeness (QED) is 0.753. The van der Waals surface area contributed by atoms with Crippen LogP contribution in [0.1, 0.15) is 44.9 Å². The number of hydrogen-bond acceptors (Lipinski definition) is 3. The summed E-state index contributed by atoms with van der Waals surface area (Å²) < 4.78 is 6.12. The minimum absolute atomic E-state index is 0.147.